The van der Waals surface area contributed by atoms with Crippen LogP contribution in [0.5, 0.6) is 0 Å². The SMILES string of the molecule is O=S(=O)(NCCCn1ccc2ccccc21)c1ccc(F)cc1Br. The zero-order valence-corrected chi connectivity index (χ0v) is 15.1. The van der Waals surface area contributed by atoms with E-state index < -0.39 is 15.8 Å². The molecule has 3 aromatic rings. The third kappa shape index (κ3) is 3.68. The van der Waals surface area contributed by atoms with Gasteiger partial charge in [0.15, 0.2) is 0 Å². The number of sulfonamides is 1. The molecule has 7 heteroatoms. The Morgan fingerprint density at radius 3 is 2.71 bits per heavy atom. The maximum Gasteiger partial charge on any atom is 0.241 e. The van der Waals surface area contributed by atoms with Crippen molar-refractivity contribution in [1.82, 2.24) is 9.29 Å². The highest BCUT2D eigenvalue weighted by Gasteiger charge is 2.17. The normalized spacial score (nSPS) is 11.9. The van der Waals surface area contributed by atoms with Crippen molar-refractivity contribution in [2.24, 2.45) is 0 Å². The summed E-state index contributed by atoms with van der Waals surface area (Å²) < 4.78 is 42.5. The molecular formula is C17H16BrFN2O2S. The third-order valence-corrected chi connectivity index (χ3v) is 6.17. The maximum atomic E-state index is 13.1. The Morgan fingerprint density at radius 1 is 1.12 bits per heavy atom. The molecular weight excluding hydrogens is 395 g/mol. The first kappa shape index (κ1) is 17.1. The average molecular weight is 411 g/mol. The quantitative estimate of drug-likeness (QED) is 0.626. The van der Waals surface area contributed by atoms with E-state index in [-0.39, 0.29) is 9.37 Å². The van der Waals surface area contributed by atoms with Gasteiger partial charge in [0.25, 0.3) is 0 Å². The van der Waals surface area contributed by atoms with Crippen molar-refractivity contribution in [2.45, 2.75) is 17.9 Å². The summed E-state index contributed by atoms with van der Waals surface area (Å²) in [4.78, 5) is 0.0373. The number of aromatic nitrogens is 1. The van der Waals surface area contributed by atoms with Crippen LogP contribution in [0.4, 0.5) is 4.39 Å². The summed E-state index contributed by atoms with van der Waals surface area (Å²) in [6.07, 6.45) is 2.65. The van der Waals surface area contributed by atoms with Gasteiger partial charge in [-0.25, -0.2) is 17.5 Å². The molecule has 3 rings (SSSR count). The van der Waals surface area contributed by atoms with Crippen LogP contribution in [0.25, 0.3) is 10.9 Å². The lowest BCUT2D eigenvalue weighted by molar-refractivity contribution is 0.570. The predicted molar refractivity (Wildman–Crippen MR) is 95.8 cm³/mol. The lowest BCUT2D eigenvalue weighted by atomic mass is 10.2. The molecule has 1 N–H and O–H groups in total. The van der Waals surface area contributed by atoms with Crippen molar-refractivity contribution >= 4 is 36.9 Å². The zero-order chi connectivity index (χ0) is 17.2. The van der Waals surface area contributed by atoms with E-state index in [0.29, 0.717) is 19.5 Å². The molecule has 2 aromatic carbocycles. The molecule has 0 atom stereocenters. The van der Waals surface area contributed by atoms with Gasteiger partial charge in [-0.2, -0.15) is 0 Å². The fourth-order valence-electron chi connectivity index (χ4n) is 2.56. The second kappa shape index (κ2) is 7.04. The van der Waals surface area contributed by atoms with Crippen LogP contribution in [-0.4, -0.2) is 19.5 Å². The van der Waals surface area contributed by atoms with Crippen LogP contribution in [-0.2, 0) is 16.6 Å². The van der Waals surface area contributed by atoms with Gasteiger partial charge in [0.05, 0.1) is 4.90 Å². The number of hydrogen-bond acceptors (Lipinski definition) is 2. The van der Waals surface area contributed by atoms with Crippen molar-refractivity contribution in [3.8, 4) is 0 Å². The third-order valence-electron chi connectivity index (χ3n) is 3.73. The van der Waals surface area contributed by atoms with Gasteiger partial charge in [-0.05, 0) is 58.1 Å². The van der Waals surface area contributed by atoms with E-state index in [9.17, 15) is 12.8 Å². The molecule has 0 radical (unpaired) electrons. The van der Waals surface area contributed by atoms with Crippen molar-refractivity contribution in [1.29, 1.82) is 0 Å². The Balaban J connectivity index is 1.61. The zero-order valence-electron chi connectivity index (χ0n) is 12.7. The summed E-state index contributed by atoms with van der Waals surface area (Å²) in [6, 6.07) is 13.6. The minimum Gasteiger partial charge on any atom is -0.347 e. The first-order chi connectivity index (χ1) is 11.5. The van der Waals surface area contributed by atoms with Gasteiger partial charge >= 0.3 is 0 Å². The Kier molecular flexibility index (Phi) is 5.03. The van der Waals surface area contributed by atoms with E-state index in [2.05, 4.69) is 25.2 Å². The van der Waals surface area contributed by atoms with Gasteiger partial charge in [-0.3, -0.25) is 0 Å². The van der Waals surface area contributed by atoms with Crippen LogP contribution >= 0.6 is 15.9 Å². The van der Waals surface area contributed by atoms with Gasteiger partial charge in [0.1, 0.15) is 5.82 Å². The summed E-state index contributed by atoms with van der Waals surface area (Å²) in [5.41, 5.74) is 1.13. The highest BCUT2D eigenvalue weighted by Crippen LogP contribution is 2.22. The molecule has 0 bridgehead atoms. The first-order valence-corrected chi connectivity index (χ1v) is 9.73. The number of fused-ring (bicyclic) bond motifs is 1. The van der Waals surface area contributed by atoms with Gasteiger partial charge in [-0.15, -0.1) is 0 Å². The molecule has 0 unspecified atom stereocenters. The Hall–Kier alpha value is -1.70. The lowest BCUT2D eigenvalue weighted by Crippen LogP contribution is -2.26. The molecule has 0 saturated heterocycles. The Bertz CT molecular complexity index is 970. The number of nitrogens with zero attached hydrogens (tertiary/aromatic N) is 1. The molecule has 0 fully saturated rings. The van der Waals surface area contributed by atoms with Gasteiger partial charge in [0.2, 0.25) is 10.0 Å². The van der Waals surface area contributed by atoms with Crippen molar-refractivity contribution in [3.05, 3.63) is 65.0 Å². The minimum atomic E-state index is -3.66. The predicted octanol–water partition coefficient (Wildman–Crippen LogP) is 3.91. The number of benzene rings is 2. The average Bonchev–Trinajstić information content (AvgIpc) is 2.94. The molecule has 0 aliphatic heterocycles. The van der Waals surface area contributed by atoms with E-state index >= 15 is 0 Å². The van der Waals surface area contributed by atoms with Gasteiger partial charge < -0.3 is 4.57 Å². The first-order valence-electron chi connectivity index (χ1n) is 7.46. The molecule has 1 aromatic heterocycles. The second-order valence-corrected chi connectivity index (χ2v) is 7.98. The fraction of sp³-hybridized carbons (Fsp3) is 0.176. The summed E-state index contributed by atoms with van der Waals surface area (Å²) >= 11 is 3.09. The largest absolute Gasteiger partial charge is 0.347 e. The minimum absolute atomic E-state index is 0.0373. The summed E-state index contributed by atoms with van der Waals surface area (Å²) in [6.45, 7) is 1.01. The van der Waals surface area contributed by atoms with E-state index in [0.717, 1.165) is 23.0 Å². The smallest absolute Gasteiger partial charge is 0.241 e. The van der Waals surface area contributed by atoms with Crippen LogP contribution in [0.1, 0.15) is 6.42 Å². The summed E-state index contributed by atoms with van der Waals surface area (Å²) in [5.74, 6) is -0.486. The molecule has 0 aliphatic rings. The lowest BCUT2D eigenvalue weighted by Gasteiger charge is -2.09. The van der Waals surface area contributed by atoms with Crippen LogP contribution in [0.3, 0.4) is 0 Å². The number of hydrogen-bond donors (Lipinski definition) is 1. The Morgan fingerprint density at radius 2 is 1.92 bits per heavy atom. The number of rotatable bonds is 6. The molecule has 0 spiro atoms. The van der Waals surface area contributed by atoms with Crippen LogP contribution in [0.15, 0.2) is 64.1 Å². The highest BCUT2D eigenvalue weighted by molar-refractivity contribution is 9.10. The van der Waals surface area contributed by atoms with Crippen LogP contribution < -0.4 is 4.72 Å². The highest BCUT2D eigenvalue weighted by atomic mass is 79.9. The molecule has 0 aliphatic carbocycles. The van der Waals surface area contributed by atoms with E-state index in [1.54, 1.807) is 0 Å². The maximum absolute atomic E-state index is 13.1. The van der Waals surface area contributed by atoms with Gasteiger partial charge in [0, 0.05) is 29.3 Å². The number of para-hydroxylation sites is 1. The number of nitrogens with one attached hydrogen (secondary N) is 1. The van der Waals surface area contributed by atoms with Crippen molar-refractivity contribution < 1.29 is 12.8 Å². The van der Waals surface area contributed by atoms with Crippen molar-refractivity contribution in [2.75, 3.05) is 6.54 Å². The molecule has 126 valence electrons. The molecule has 4 nitrogen and oxygen atoms in total. The van der Waals surface area contributed by atoms with E-state index in [1.807, 2.05) is 36.5 Å². The standard InChI is InChI=1S/C17H16BrFN2O2S/c18-15-12-14(19)6-7-17(15)24(22,23)20-9-3-10-21-11-8-13-4-1-2-5-16(13)21/h1-2,4-8,11-12,20H,3,9-10H2. The van der Waals surface area contributed by atoms with Crippen molar-refractivity contribution in [3.63, 3.8) is 0 Å². The van der Waals surface area contributed by atoms with E-state index in [1.165, 1.54) is 6.07 Å². The number of aryl methyl sites for hydroxylation is 1. The fourth-order valence-corrected chi connectivity index (χ4v) is 4.68. The van der Waals surface area contributed by atoms with Gasteiger partial charge in [-0.1, -0.05) is 18.2 Å². The van der Waals surface area contributed by atoms with E-state index in [4.69, 9.17) is 0 Å². The number of halogens is 2. The monoisotopic (exact) mass is 410 g/mol. The summed E-state index contributed by atoms with van der Waals surface area (Å²) in [5, 5.41) is 1.16. The molecule has 0 amide bonds. The Labute approximate surface area is 148 Å². The topological polar surface area (TPSA) is 51.1 Å². The molecule has 0 saturated carbocycles. The molecule has 24 heavy (non-hydrogen) atoms. The van der Waals surface area contributed by atoms with Crippen LogP contribution in [0.2, 0.25) is 0 Å². The summed E-state index contributed by atoms with van der Waals surface area (Å²) in [7, 11) is -3.66. The second-order valence-electron chi connectivity index (χ2n) is 5.39. The van der Waals surface area contributed by atoms with Crippen LogP contribution in [0, 0.1) is 5.82 Å². The molecule has 1 heterocycles.